The van der Waals surface area contributed by atoms with Gasteiger partial charge in [0.05, 0.1) is 23.2 Å². The molecule has 0 fully saturated rings. The highest BCUT2D eigenvalue weighted by Gasteiger charge is 2.18. The van der Waals surface area contributed by atoms with E-state index in [1.807, 2.05) is 26.0 Å². The van der Waals surface area contributed by atoms with Gasteiger partial charge in [0.1, 0.15) is 5.75 Å². The van der Waals surface area contributed by atoms with Gasteiger partial charge in [0.25, 0.3) is 0 Å². The van der Waals surface area contributed by atoms with Crippen molar-refractivity contribution in [1.82, 2.24) is 0 Å². The van der Waals surface area contributed by atoms with E-state index in [2.05, 4.69) is 40.5 Å². The van der Waals surface area contributed by atoms with Crippen LogP contribution in [-0.4, -0.2) is 39.3 Å². The lowest BCUT2D eigenvalue weighted by Gasteiger charge is -2.32. The van der Waals surface area contributed by atoms with Crippen LogP contribution in [0, 0.1) is 0 Å². The van der Waals surface area contributed by atoms with E-state index in [1.165, 1.54) is 16.8 Å². The summed E-state index contributed by atoms with van der Waals surface area (Å²) < 4.78 is 29.8. The molecule has 6 nitrogen and oxygen atoms in total. The van der Waals surface area contributed by atoms with Crippen LogP contribution in [-0.2, 0) is 33.9 Å². The number of benzene rings is 3. The normalized spacial score (nSPS) is 13.4. The van der Waals surface area contributed by atoms with Crippen LogP contribution >= 0.6 is 0 Å². The molecule has 3 aromatic carbocycles. The summed E-state index contributed by atoms with van der Waals surface area (Å²) in [5, 5.41) is 2.93. The van der Waals surface area contributed by atoms with Crippen molar-refractivity contribution in [2.75, 3.05) is 29.1 Å². The number of amides is 1. The lowest BCUT2D eigenvalue weighted by Crippen LogP contribution is -2.31. The molecule has 0 atom stereocenters. The predicted molar refractivity (Wildman–Crippen MR) is 149 cm³/mol. The summed E-state index contributed by atoms with van der Waals surface area (Å²) in [6.45, 7) is 7.67. The van der Waals surface area contributed by atoms with Crippen molar-refractivity contribution in [2.45, 2.75) is 57.5 Å². The summed E-state index contributed by atoms with van der Waals surface area (Å²) in [4.78, 5) is 15.2. The molecule has 37 heavy (non-hydrogen) atoms. The van der Waals surface area contributed by atoms with Crippen LogP contribution in [0.4, 0.5) is 11.4 Å². The molecular weight excluding hydrogens is 484 g/mol. The SMILES string of the molecule is CCS(=O)(=O)c1ccc(CC(=O)Nc2ccc(CCN3CCCc4ccc(OC(C)C)cc43)cc2)cc1. The van der Waals surface area contributed by atoms with E-state index in [9.17, 15) is 13.2 Å². The Morgan fingerprint density at radius 1 is 1.00 bits per heavy atom. The molecular formula is C30H36N2O4S. The zero-order valence-corrected chi connectivity index (χ0v) is 22.7. The molecule has 4 rings (SSSR count). The van der Waals surface area contributed by atoms with Gasteiger partial charge in [-0.2, -0.15) is 0 Å². The zero-order valence-electron chi connectivity index (χ0n) is 21.9. The molecule has 0 saturated heterocycles. The molecule has 0 saturated carbocycles. The second-order valence-electron chi connectivity index (χ2n) is 9.77. The number of hydrogen-bond donors (Lipinski definition) is 1. The van der Waals surface area contributed by atoms with E-state index in [0.717, 1.165) is 49.4 Å². The minimum Gasteiger partial charge on any atom is -0.491 e. The van der Waals surface area contributed by atoms with Gasteiger partial charge in [-0.05, 0) is 80.1 Å². The molecule has 0 aromatic heterocycles. The predicted octanol–water partition coefficient (Wildman–Crippen LogP) is 5.44. The first-order chi connectivity index (χ1) is 17.7. The number of anilines is 2. The monoisotopic (exact) mass is 520 g/mol. The van der Waals surface area contributed by atoms with Crippen LogP contribution in [0.3, 0.4) is 0 Å². The van der Waals surface area contributed by atoms with Gasteiger partial charge < -0.3 is 15.0 Å². The van der Waals surface area contributed by atoms with Gasteiger partial charge >= 0.3 is 0 Å². The molecule has 1 aliphatic heterocycles. The first-order valence-electron chi connectivity index (χ1n) is 13.0. The number of hydrogen-bond acceptors (Lipinski definition) is 5. The molecule has 0 spiro atoms. The summed E-state index contributed by atoms with van der Waals surface area (Å²) in [6, 6.07) is 20.9. The molecule has 1 N–H and O–H groups in total. The van der Waals surface area contributed by atoms with E-state index < -0.39 is 9.84 Å². The fraction of sp³-hybridized carbons (Fsp3) is 0.367. The number of aryl methyl sites for hydroxylation is 1. The molecule has 0 bridgehead atoms. The Hall–Kier alpha value is -3.32. The van der Waals surface area contributed by atoms with Gasteiger partial charge in [-0.25, -0.2) is 8.42 Å². The molecule has 3 aromatic rings. The van der Waals surface area contributed by atoms with Crippen molar-refractivity contribution in [2.24, 2.45) is 0 Å². The van der Waals surface area contributed by atoms with Gasteiger partial charge in [-0.3, -0.25) is 4.79 Å². The second-order valence-corrected chi connectivity index (χ2v) is 12.0. The molecule has 0 aliphatic carbocycles. The number of nitrogens with zero attached hydrogens (tertiary/aromatic N) is 1. The minimum atomic E-state index is -3.24. The molecule has 0 radical (unpaired) electrons. The van der Waals surface area contributed by atoms with Crippen LogP contribution in [0.1, 0.15) is 43.9 Å². The summed E-state index contributed by atoms with van der Waals surface area (Å²) in [7, 11) is -3.24. The second kappa shape index (κ2) is 11.8. The Morgan fingerprint density at radius 3 is 2.38 bits per heavy atom. The maximum atomic E-state index is 12.5. The number of carbonyl (C=O) groups excluding carboxylic acids is 1. The van der Waals surface area contributed by atoms with Gasteiger partial charge in [-0.15, -0.1) is 0 Å². The topological polar surface area (TPSA) is 75.7 Å². The summed E-state index contributed by atoms with van der Waals surface area (Å²) in [5.41, 5.74) is 5.38. The van der Waals surface area contributed by atoms with Crippen molar-refractivity contribution in [3.63, 3.8) is 0 Å². The third kappa shape index (κ3) is 7.13. The van der Waals surface area contributed by atoms with Crippen LogP contribution < -0.4 is 15.0 Å². The lowest BCUT2D eigenvalue weighted by molar-refractivity contribution is -0.115. The summed E-state index contributed by atoms with van der Waals surface area (Å²) in [5.74, 6) is 0.841. The highest BCUT2D eigenvalue weighted by molar-refractivity contribution is 7.91. The quantitative estimate of drug-likeness (QED) is 0.385. The smallest absolute Gasteiger partial charge is 0.228 e. The zero-order chi connectivity index (χ0) is 26.4. The van der Waals surface area contributed by atoms with Gasteiger partial charge in [-0.1, -0.05) is 37.3 Å². The fourth-order valence-corrected chi connectivity index (χ4v) is 5.48. The standard InChI is InChI=1S/C30H36N2O4S/c1-4-37(34,35)28-15-9-24(10-16-28)20-30(33)31-26-12-7-23(8-13-26)17-19-32-18-5-6-25-11-14-27(21-29(25)32)36-22(2)3/h7-16,21-22H,4-6,17-20H2,1-3H3,(H,31,33). The Bertz CT molecular complexity index is 1320. The minimum absolute atomic E-state index is 0.0579. The molecule has 196 valence electrons. The molecule has 1 aliphatic rings. The number of ether oxygens (including phenoxy) is 1. The number of nitrogens with one attached hydrogen (secondary N) is 1. The maximum absolute atomic E-state index is 12.5. The molecule has 0 unspecified atom stereocenters. The van der Waals surface area contributed by atoms with Crippen LogP contribution in [0.15, 0.2) is 71.6 Å². The van der Waals surface area contributed by atoms with Crippen molar-refractivity contribution >= 4 is 27.1 Å². The van der Waals surface area contributed by atoms with Gasteiger partial charge in [0, 0.05) is 30.5 Å². The summed E-state index contributed by atoms with van der Waals surface area (Å²) >= 11 is 0. The highest BCUT2D eigenvalue weighted by atomic mass is 32.2. The van der Waals surface area contributed by atoms with Crippen molar-refractivity contribution in [3.8, 4) is 5.75 Å². The third-order valence-electron chi connectivity index (χ3n) is 6.58. The highest BCUT2D eigenvalue weighted by Crippen LogP contribution is 2.31. The Balaban J connectivity index is 1.31. The Kier molecular flexibility index (Phi) is 8.54. The van der Waals surface area contributed by atoms with E-state index in [-0.39, 0.29) is 29.1 Å². The fourth-order valence-electron chi connectivity index (χ4n) is 4.60. The maximum Gasteiger partial charge on any atom is 0.228 e. The first kappa shape index (κ1) is 26.7. The average Bonchev–Trinajstić information content (AvgIpc) is 2.88. The summed E-state index contributed by atoms with van der Waals surface area (Å²) in [6.07, 6.45) is 3.50. The van der Waals surface area contributed by atoms with Gasteiger partial charge in [0.2, 0.25) is 5.91 Å². The number of carbonyl (C=O) groups is 1. The molecule has 1 heterocycles. The molecule has 7 heteroatoms. The average molecular weight is 521 g/mol. The number of rotatable bonds is 10. The third-order valence-corrected chi connectivity index (χ3v) is 8.33. The van der Waals surface area contributed by atoms with Crippen molar-refractivity contribution < 1.29 is 17.9 Å². The Labute approximate surface area is 220 Å². The van der Waals surface area contributed by atoms with Crippen LogP contribution in [0.2, 0.25) is 0 Å². The van der Waals surface area contributed by atoms with Gasteiger partial charge in [0.15, 0.2) is 9.84 Å². The van der Waals surface area contributed by atoms with Crippen molar-refractivity contribution in [1.29, 1.82) is 0 Å². The lowest BCUT2D eigenvalue weighted by atomic mass is 10.0. The van der Waals surface area contributed by atoms with Crippen molar-refractivity contribution in [3.05, 3.63) is 83.4 Å². The van der Waals surface area contributed by atoms with E-state index in [1.54, 1.807) is 31.2 Å². The number of sulfone groups is 1. The number of fused-ring (bicyclic) bond motifs is 1. The Morgan fingerprint density at radius 2 is 1.70 bits per heavy atom. The van der Waals surface area contributed by atoms with E-state index in [0.29, 0.717) is 0 Å². The van der Waals surface area contributed by atoms with Crippen LogP contribution in [0.25, 0.3) is 0 Å². The first-order valence-corrected chi connectivity index (χ1v) is 14.6. The van der Waals surface area contributed by atoms with E-state index in [4.69, 9.17) is 4.74 Å². The van der Waals surface area contributed by atoms with Crippen LogP contribution in [0.5, 0.6) is 5.75 Å². The molecule has 1 amide bonds. The van der Waals surface area contributed by atoms with E-state index >= 15 is 0 Å². The largest absolute Gasteiger partial charge is 0.491 e.